The van der Waals surface area contributed by atoms with Gasteiger partial charge in [-0.05, 0) is 6.42 Å². The van der Waals surface area contributed by atoms with E-state index in [0.29, 0.717) is 26.2 Å². The van der Waals surface area contributed by atoms with Gasteiger partial charge in [0.15, 0.2) is 0 Å². The van der Waals surface area contributed by atoms with Gasteiger partial charge < -0.3 is 10.8 Å². The molecule has 0 saturated heterocycles. The van der Waals surface area contributed by atoms with Crippen molar-refractivity contribution in [3.05, 3.63) is 0 Å². The minimum Gasteiger partial charge on any atom is -0.480 e. The lowest BCUT2D eigenvalue weighted by atomic mass is 10.1. The first-order valence-corrected chi connectivity index (χ1v) is 2.91. The molecule has 0 aromatic carbocycles. The molecule has 3 heteroatoms. The second-order valence-electron chi connectivity index (χ2n) is 1.89. The summed E-state index contributed by atoms with van der Waals surface area (Å²) in [6.07, 6.45) is 1.82. The van der Waals surface area contributed by atoms with Gasteiger partial charge in [0.25, 0.3) is 0 Å². The summed E-state index contributed by atoms with van der Waals surface area (Å²) in [5.41, 5.74) is 1.95. The summed E-state index contributed by atoms with van der Waals surface area (Å²) in [5.74, 6) is -0.995. The van der Waals surface area contributed by atoms with Crippen LogP contribution in [0.5, 0.6) is 0 Å². The van der Waals surface area contributed by atoms with Gasteiger partial charge in [-0.25, -0.2) is 0 Å². The Hall–Kier alpha value is -0.570. The lowest BCUT2D eigenvalue weighted by Crippen LogP contribution is -2.29. The third kappa shape index (κ3) is 3.97. The molecule has 3 N–H and O–H groups in total. The first kappa shape index (κ1) is 5.23. The van der Waals surface area contributed by atoms with Gasteiger partial charge in [0.2, 0.25) is 0 Å². The summed E-state index contributed by atoms with van der Waals surface area (Å²) in [5, 5.41) is 8.44. The number of hydrogen-bond acceptors (Lipinski definition) is 2. The highest BCUT2D eigenvalue weighted by Gasteiger charge is 2.08. The molecule has 0 amide bonds. The number of carbonyl (C=O) groups is 1. The molecule has 0 aliphatic rings. The van der Waals surface area contributed by atoms with Crippen molar-refractivity contribution in [2.45, 2.75) is 32.2 Å². The van der Waals surface area contributed by atoms with Crippen LogP contribution < -0.4 is 5.73 Å². The Morgan fingerprint density at radius 3 is 3.33 bits per heavy atom. The van der Waals surface area contributed by atoms with E-state index in [9.17, 15) is 4.79 Å². The molecule has 1 unspecified atom stereocenters. The van der Waals surface area contributed by atoms with Crippen LogP contribution in [0.25, 0.3) is 0 Å². The van der Waals surface area contributed by atoms with Gasteiger partial charge >= 0.3 is 5.97 Å². The number of carboxylic acids is 1. The molecule has 0 rings (SSSR count). The van der Waals surface area contributed by atoms with Gasteiger partial charge in [-0.15, -0.1) is 0 Å². The SMILES string of the molecule is [2H]CCCCC(N[2H])C(=O)O. The predicted molar refractivity (Wildman–Crippen MR) is 35.1 cm³/mol. The minimum absolute atomic E-state index is 0.324. The molecule has 0 fully saturated rings. The standard InChI is InChI=1S/C6H13NO2/c1-2-3-4-5(7)6(8)9/h5H,2-4,7H2,1H3,(H,8,9)/i1D/hD. The Kier molecular flexibility index (Phi) is 2.51. The molecule has 0 radical (unpaired) electrons. The Morgan fingerprint density at radius 2 is 2.89 bits per heavy atom. The highest BCUT2D eigenvalue weighted by molar-refractivity contribution is 5.72. The zero-order chi connectivity index (χ0) is 8.69. The van der Waals surface area contributed by atoms with Crippen LogP contribution in [0.3, 0.4) is 0 Å². The third-order valence-electron chi connectivity index (χ3n) is 1.04. The summed E-state index contributed by atoms with van der Waals surface area (Å²) in [6, 6.07) is -0.776. The van der Waals surface area contributed by atoms with Gasteiger partial charge in [-0.1, -0.05) is 19.7 Å². The largest absolute Gasteiger partial charge is 0.480 e. The van der Waals surface area contributed by atoms with Gasteiger partial charge in [0.1, 0.15) is 7.45 Å². The van der Waals surface area contributed by atoms with Gasteiger partial charge in [-0.3, -0.25) is 4.79 Å². The van der Waals surface area contributed by atoms with Crippen LogP contribution in [0.15, 0.2) is 0 Å². The molecular weight excluding hydrogens is 118 g/mol. The van der Waals surface area contributed by atoms with Crippen LogP contribution in [0.1, 0.15) is 27.5 Å². The fourth-order valence-electron chi connectivity index (χ4n) is 0.472. The number of nitrogens with two attached hydrogens (primary N) is 1. The Morgan fingerprint density at radius 1 is 2.11 bits per heavy atom. The van der Waals surface area contributed by atoms with E-state index in [4.69, 9.17) is 7.89 Å². The second kappa shape index (κ2) is 4.32. The van der Waals surface area contributed by atoms with Crippen molar-refractivity contribution in [1.82, 2.24) is 0 Å². The van der Waals surface area contributed by atoms with Crippen LogP contribution in [-0.4, -0.2) is 17.1 Å². The number of unbranched alkanes of at least 4 members (excludes halogenated alkanes) is 1. The van der Waals surface area contributed by atoms with Crippen LogP contribution in [-0.2, 0) is 4.79 Å². The second-order valence-corrected chi connectivity index (χ2v) is 1.89. The molecule has 0 heterocycles. The molecule has 3 nitrogen and oxygen atoms in total. The summed E-state index contributed by atoms with van der Waals surface area (Å²) >= 11 is 0. The van der Waals surface area contributed by atoms with E-state index in [1.165, 1.54) is 0 Å². The van der Waals surface area contributed by atoms with Gasteiger partial charge in [0.05, 0.1) is 0 Å². The zero-order valence-corrected chi connectivity index (χ0v) is 5.26. The quantitative estimate of drug-likeness (QED) is 0.539. The molecule has 0 aliphatic carbocycles. The third-order valence-corrected chi connectivity index (χ3v) is 1.04. The van der Waals surface area contributed by atoms with Crippen molar-refractivity contribution >= 4 is 5.97 Å². The first-order chi connectivity index (χ1) is 5.22. The monoisotopic (exact) mass is 133 g/mol. The van der Waals surface area contributed by atoms with E-state index in [1.54, 1.807) is 0 Å². The van der Waals surface area contributed by atoms with Crippen molar-refractivity contribution in [3.63, 3.8) is 0 Å². The normalized spacial score (nSPS) is 16.0. The smallest absolute Gasteiger partial charge is 0.320 e. The van der Waals surface area contributed by atoms with Gasteiger partial charge in [-0.2, -0.15) is 0 Å². The van der Waals surface area contributed by atoms with E-state index >= 15 is 0 Å². The van der Waals surface area contributed by atoms with Crippen LogP contribution >= 0.6 is 0 Å². The fraction of sp³-hybridized carbons (Fsp3) is 0.833. The maximum atomic E-state index is 10.3. The Labute approximate surface area is 57.7 Å². The average molecular weight is 133 g/mol. The molecule has 0 aliphatic heterocycles. The van der Waals surface area contributed by atoms with Crippen LogP contribution in [0.4, 0.5) is 0 Å². The van der Waals surface area contributed by atoms with Crippen molar-refractivity contribution < 1.29 is 12.7 Å². The van der Waals surface area contributed by atoms with Gasteiger partial charge in [0, 0.05) is 1.37 Å². The molecule has 9 heavy (non-hydrogen) atoms. The number of hydrogen-bond donors (Lipinski definition) is 2. The number of carboxylic acid groups (broad SMARTS) is 1. The molecule has 1 atom stereocenters. The molecule has 0 bridgehead atoms. The summed E-state index contributed by atoms with van der Waals surface area (Å²) in [6.45, 7) is 0.324. The Bertz CT molecular complexity index is 121. The summed E-state index contributed by atoms with van der Waals surface area (Å²) in [7, 11) is 0. The first-order valence-electron chi connectivity index (χ1n) is 4.12. The molecule has 0 spiro atoms. The summed E-state index contributed by atoms with van der Waals surface area (Å²) < 4.78 is 13.4. The van der Waals surface area contributed by atoms with Crippen molar-refractivity contribution in [2.24, 2.45) is 5.73 Å². The maximum Gasteiger partial charge on any atom is 0.320 e. The van der Waals surface area contributed by atoms with Crippen molar-refractivity contribution in [1.29, 1.82) is 0 Å². The minimum atomic E-state index is -0.995. The number of aliphatic carboxylic acids is 1. The van der Waals surface area contributed by atoms with Crippen molar-refractivity contribution in [3.8, 4) is 0 Å². The van der Waals surface area contributed by atoms with Crippen LogP contribution in [0.2, 0.25) is 1.41 Å². The highest BCUT2D eigenvalue weighted by atomic mass is 16.4. The van der Waals surface area contributed by atoms with Crippen LogP contribution in [0, 0.1) is 0 Å². The summed E-state index contributed by atoms with van der Waals surface area (Å²) in [4.78, 5) is 10.3. The molecule has 0 aromatic heterocycles. The molecule has 0 aromatic rings. The fourth-order valence-corrected chi connectivity index (χ4v) is 0.472. The topological polar surface area (TPSA) is 63.3 Å². The zero-order valence-electron chi connectivity index (χ0n) is 7.26. The van der Waals surface area contributed by atoms with E-state index in [0.717, 1.165) is 0 Å². The van der Waals surface area contributed by atoms with E-state index < -0.39 is 12.0 Å². The molecule has 54 valence electrons. The van der Waals surface area contributed by atoms with E-state index in [-0.39, 0.29) is 0 Å². The molecular formula is C6H13NO2. The number of rotatable bonds is 5. The predicted octanol–water partition coefficient (Wildman–Crippen LogP) is 0.589. The Balaban J connectivity index is 3.44. The maximum absolute atomic E-state index is 10.3. The van der Waals surface area contributed by atoms with E-state index in [1.807, 2.05) is 5.73 Å². The molecule has 0 saturated carbocycles. The lowest BCUT2D eigenvalue weighted by Gasteiger charge is -2.02. The lowest BCUT2D eigenvalue weighted by molar-refractivity contribution is -0.138. The highest BCUT2D eigenvalue weighted by Crippen LogP contribution is 1.96. The van der Waals surface area contributed by atoms with Crippen molar-refractivity contribution in [2.75, 3.05) is 0 Å². The van der Waals surface area contributed by atoms with E-state index in [2.05, 4.69) is 0 Å². The average Bonchev–Trinajstić information content (AvgIpc) is 1.97.